The van der Waals surface area contributed by atoms with Crippen molar-refractivity contribution in [2.24, 2.45) is 0 Å². The Hall–Kier alpha value is -3.70. The second kappa shape index (κ2) is 59.6. The van der Waals surface area contributed by atoms with E-state index in [0.717, 1.165) is 103 Å². The second-order valence-corrected chi connectivity index (χ2v) is 18.8. The van der Waals surface area contributed by atoms with Gasteiger partial charge in [-0.1, -0.05) is 264 Å². The maximum Gasteiger partial charge on any atom is 0.306 e. The van der Waals surface area contributed by atoms with E-state index in [4.69, 9.17) is 14.2 Å². The normalized spacial score (nSPS) is 13.1. The third-order valence-electron chi connectivity index (χ3n) is 12.0. The fraction of sp³-hybridized carbons (Fsp3) is 0.662. The average Bonchev–Trinajstić information content (AvgIpc) is 3.36. The number of allylic oxidation sites excluding steroid dienone is 20. The molecule has 0 spiro atoms. The van der Waals surface area contributed by atoms with Gasteiger partial charge in [-0.05, 0) is 96.3 Å². The number of hydrogen-bond donors (Lipinski definition) is 0. The van der Waals surface area contributed by atoms with Crippen LogP contribution in [0.25, 0.3) is 0 Å². The molecular weight excluding hydrogens is 861 g/mol. The van der Waals surface area contributed by atoms with Crippen molar-refractivity contribution in [1.29, 1.82) is 0 Å². The molecule has 0 aromatic rings. The zero-order chi connectivity index (χ0) is 50.6. The molecule has 0 bridgehead atoms. The summed E-state index contributed by atoms with van der Waals surface area (Å²) in [6.45, 7) is 7.52. The predicted octanol–water partition coefficient (Wildman–Crippen LogP) is 20.1. The van der Waals surface area contributed by atoms with E-state index < -0.39 is 6.10 Å². The quantitative estimate of drug-likeness (QED) is 0.0345. The molecule has 0 N–H and O–H groups in total. The molecule has 0 radical (unpaired) electrons. The molecule has 0 aromatic heterocycles. The molecule has 0 aliphatic rings. The highest BCUT2D eigenvalue weighted by Crippen LogP contribution is 2.15. The van der Waals surface area contributed by atoms with Crippen molar-refractivity contribution in [3.63, 3.8) is 0 Å². The molecule has 398 valence electrons. The van der Waals surface area contributed by atoms with Crippen LogP contribution in [0.2, 0.25) is 0 Å². The molecule has 0 aliphatic carbocycles. The Bertz CT molecular complexity index is 1420. The van der Waals surface area contributed by atoms with Crippen molar-refractivity contribution < 1.29 is 23.8 Å². The largest absolute Gasteiger partial charge is 0.462 e. The predicted molar refractivity (Wildman–Crippen MR) is 306 cm³/mol. The Labute approximate surface area is 433 Å². The standard InChI is InChI=1S/C65H108O5/c1-4-7-10-13-16-19-22-25-28-31-33-35-37-40-43-46-49-52-55-58-64(66)69-62-63(61-68-60-57-54-51-48-45-42-39-30-27-24-21-18-15-12-9-6-3)70-65(67)59-56-53-50-47-44-41-38-36-34-32-29-26-23-20-17-14-11-8-5-2/h7-8,10-11,16-17,19-20,25-26,28-29,33-36,40,43,49,52,63H,4-6,9,12-15,18,21-24,27,30-32,37-39,41-42,44-48,50-51,53-62H2,1-3H3/b10-7-,11-8-,19-16-,20-17-,28-25-,29-26-,35-33-,36-34-,43-40-,52-49-. The van der Waals surface area contributed by atoms with E-state index in [1.165, 1.54) is 109 Å². The molecule has 0 saturated heterocycles. The number of esters is 2. The molecule has 70 heavy (non-hydrogen) atoms. The van der Waals surface area contributed by atoms with Crippen LogP contribution in [0.15, 0.2) is 122 Å². The summed E-state index contributed by atoms with van der Waals surface area (Å²) in [5.41, 5.74) is 0. The molecule has 0 amide bonds. The molecule has 1 unspecified atom stereocenters. The van der Waals surface area contributed by atoms with Crippen molar-refractivity contribution >= 4 is 11.9 Å². The van der Waals surface area contributed by atoms with Crippen LogP contribution in [0.1, 0.15) is 252 Å². The number of unbranched alkanes of at least 4 members (excludes halogenated alkanes) is 21. The molecule has 5 heteroatoms. The Morgan fingerprint density at radius 3 is 1.09 bits per heavy atom. The lowest BCUT2D eigenvalue weighted by atomic mass is 10.0. The maximum atomic E-state index is 12.9. The zero-order valence-corrected chi connectivity index (χ0v) is 45.7. The minimum atomic E-state index is -0.582. The van der Waals surface area contributed by atoms with Gasteiger partial charge >= 0.3 is 11.9 Å². The van der Waals surface area contributed by atoms with Crippen molar-refractivity contribution in [2.45, 2.75) is 258 Å². The Balaban J connectivity index is 4.43. The van der Waals surface area contributed by atoms with Crippen molar-refractivity contribution in [1.82, 2.24) is 0 Å². The van der Waals surface area contributed by atoms with E-state index >= 15 is 0 Å². The molecule has 1 atom stereocenters. The second-order valence-electron chi connectivity index (χ2n) is 18.8. The summed E-state index contributed by atoms with van der Waals surface area (Å²) in [5, 5.41) is 0. The van der Waals surface area contributed by atoms with Crippen molar-refractivity contribution in [3.05, 3.63) is 122 Å². The van der Waals surface area contributed by atoms with Crippen LogP contribution in [0.4, 0.5) is 0 Å². The van der Waals surface area contributed by atoms with Crippen LogP contribution >= 0.6 is 0 Å². The number of carbonyl (C=O) groups excluding carboxylic acids is 2. The van der Waals surface area contributed by atoms with E-state index in [0.29, 0.717) is 25.9 Å². The van der Waals surface area contributed by atoms with Crippen molar-refractivity contribution in [2.75, 3.05) is 19.8 Å². The average molecular weight is 970 g/mol. The molecule has 0 heterocycles. The molecule has 0 aromatic carbocycles. The van der Waals surface area contributed by atoms with Gasteiger partial charge in [0.15, 0.2) is 6.10 Å². The first-order valence-electron chi connectivity index (χ1n) is 29.1. The van der Waals surface area contributed by atoms with E-state index in [1.807, 2.05) is 6.08 Å². The van der Waals surface area contributed by atoms with Crippen LogP contribution in [-0.4, -0.2) is 37.9 Å². The lowest BCUT2D eigenvalue weighted by Crippen LogP contribution is -2.30. The fourth-order valence-electron chi connectivity index (χ4n) is 7.76. The van der Waals surface area contributed by atoms with Crippen LogP contribution in [0, 0.1) is 0 Å². The minimum absolute atomic E-state index is 0.0343. The highest BCUT2D eigenvalue weighted by Gasteiger charge is 2.17. The summed E-state index contributed by atoms with van der Waals surface area (Å²) in [6, 6.07) is 0. The van der Waals surface area contributed by atoms with Gasteiger partial charge in [0, 0.05) is 19.4 Å². The first-order valence-corrected chi connectivity index (χ1v) is 29.1. The number of ether oxygens (including phenoxy) is 3. The summed E-state index contributed by atoms with van der Waals surface area (Å²) in [4.78, 5) is 25.5. The summed E-state index contributed by atoms with van der Waals surface area (Å²) < 4.78 is 17.4. The van der Waals surface area contributed by atoms with Crippen molar-refractivity contribution in [3.8, 4) is 0 Å². The highest BCUT2D eigenvalue weighted by molar-refractivity contribution is 5.70. The summed E-state index contributed by atoms with van der Waals surface area (Å²) in [7, 11) is 0. The van der Waals surface area contributed by atoms with E-state index in [1.54, 1.807) is 0 Å². The van der Waals surface area contributed by atoms with Gasteiger partial charge in [-0.3, -0.25) is 9.59 Å². The smallest absolute Gasteiger partial charge is 0.306 e. The van der Waals surface area contributed by atoms with Gasteiger partial charge < -0.3 is 14.2 Å². The van der Waals surface area contributed by atoms with E-state index in [2.05, 4.69) is 136 Å². The van der Waals surface area contributed by atoms with Crippen LogP contribution < -0.4 is 0 Å². The van der Waals surface area contributed by atoms with Gasteiger partial charge in [0.25, 0.3) is 0 Å². The molecular formula is C65H108O5. The van der Waals surface area contributed by atoms with E-state index in [-0.39, 0.29) is 25.2 Å². The molecule has 0 fully saturated rings. The topological polar surface area (TPSA) is 61.8 Å². The number of carbonyl (C=O) groups is 2. The molecule has 0 aliphatic heterocycles. The SMILES string of the molecule is CC/C=C\C/C=C\C/C=C\C/C=C\C/C=C\C/C=C\CCC(=O)OCC(COCCCCCCCCCCCCCCCCCC)OC(=O)CCCCCCCC/C=C\C/C=C\C/C=C\C/C=C\CC. The van der Waals surface area contributed by atoms with Crippen LogP contribution in [0.5, 0.6) is 0 Å². The van der Waals surface area contributed by atoms with Crippen LogP contribution in [-0.2, 0) is 23.8 Å². The first-order chi connectivity index (χ1) is 34.6. The third-order valence-corrected chi connectivity index (χ3v) is 12.0. The summed E-state index contributed by atoms with van der Waals surface area (Å²) in [6.07, 6.45) is 83.7. The van der Waals surface area contributed by atoms with Crippen LogP contribution in [0.3, 0.4) is 0 Å². The van der Waals surface area contributed by atoms with E-state index in [9.17, 15) is 9.59 Å². The summed E-state index contributed by atoms with van der Waals surface area (Å²) >= 11 is 0. The molecule has 5 nitrogen and oxygen atoms in total. The fourth-order valence-corrected chi connectivity index (χ4v) is 7.76. The summed E-state index contributed by atoms with van der Waals surface area (Å²) in [5.74, 6) is -0.509. The van der Waals surface area contributed by atoms with Gasteiger partial charge in [-0.2, -0.15) is 0 Å². The Kier molecular flexibility index (Phi) is 56.5. The first kappa shape index (κ1) is 66.3. The number of rotatable bonds is 52. The lowest BCUT2D eigenvalue weighted by Gasteiger charge is -2.18. The van der Waals surface area contributed by atoms with Gasteiger partial charge in [0.1, 0.15) is 6.61 Å². The third kappa shape index (κ3) is 56.9. The maximum absolute atomic E-state index is 12.9. The van der Waals surface area contributed by atoms with Gasteiger partial charge in [-0.15, -0.1) is 0 Å². The Morgan fingerprint density at radius 2 is 0.671 bits per heavy atom. The zero-order valence-electron chi connectivity index (χ0n) is 45.7. The Morgan fingerprint density at radius 1 is 0.329 bits per heavy atom. The number of hydrogen-bond acceptors (Lipinski definition) is 5. The monoisotopic (exact) mass is 969 g/mol. The molecule has 0 rings (SSSR count). The minimum Gasteiger partial charge on any atom is -0.462 e. The molecule has 0 saturated carbocycles. The highest BCUT2D eigenvalue weighted by atomic mass is 16.6. The lowest BCUT2D eigenvalue weighted by molar-refractivity contribution is -0.162. The van der Waals surface area contributed by atoms with Gasteiger partial charge in [-0.25, -0.2) is 0 Å². The van der Waals surface area contributed by atoms with Gasteiger partial charge in [0.05, 0.1) is 6.61 Å². The van der Waals surface area contributed by atoms with Gasteiger partial charge in [0.2, 0.25) is 0 Å².